The summed E-state index contributed by atoms with van der Waals surface area (Å²) in [6.45, 7) is 11.0. The van der Waals surface area contributed by atoms with Gasteiger partial charge in [-0.05, 0) is 31.1 Å². The van der Waals surface area contributed by atoms with Crippen LogP contribution in [0.15, 0.2) is 0 Å². The minimum absolute atomic E-state index is 0.00477. The maximum atomic E-state index is 12.6. The molecule has 0 bridgehead atoms. The predicted octanol–water partition coefficient (Wildman–Crippen LogP) is 0.997. The van der Waals surface area contributed by atoms with E-state index in [2.05, 4.69) is 24.1 Å². The first-order chi connectivity index (χ1) is 12.5. The Labute approximate surface area is 157 Å². The van der Waals surface area contributed by atoms with E-state index in [1.807, 2.05) is 9.80 Å². The number of nitrogens with zero attached hydrogens (tertiary/aromatic N) is 3. The van der Waals surface area contributed by atoms with Crippen LogP contribution in [0.1, 0.15) is 33.1 Å². The lowest BCUT2D eigenvalue weighted by molar-refractivity contribution is -0.135. The van der Waals surface area contributed by atoms with Crippen molar-refractivity contribution >= 4 is 11.9 Å². The minimum Gasteiger partial charge on any atom is -0.379 e. The summed E-state index contributed by atoms with van der Waals surface area (Å²) < 4.78 is 5.42. The average Bonchev–Trinajstić information content (AvgIpc) is 2.62. The molecule has 2 unspecified atom stereocenters. The van der Waals surface area contributed by atoms with E-state index in [1.165, 1.54) is 6.42 Å². The van der Waals surface area contributed by atoms with Crippen LogP contribution in [0.2, 0.25) is 0 Å². The number of hydrogen-bond donors (Lipinski definition) is 1. The van der Waals surface area contributed by atoms with E-state index in [9.17, 15) is 9.59 Å². The van der Waals surface area contributed by atoms with Gasteiger partial charge in [0, 0.05) is 45.9 Å². The van der Waals surface area contributed by atoms with Crippen LogP contribution in [0.3, 0.4) is 0 Å². The standard InChI is InChI=1S/C19H34N4O3/c1-15-10-16(2)12-23(11-15)18(24)13-21-5-7-22(8-6-21)19(25)20-17-4-3-9-26-14-17/h15-17H,3-14H2,1-2H3,(H,20,25)/t15?,16?,17-/m1/s1. The molecule has 0 radical (unpaired) electrons. The molecule has 7 nitrogen and oxygen atoms in total. The molecule has 26 heavy (non-hydrogen) atoms. The molecule has 3 heterocycles. The molecule has 3 rings (SSSR count). The van der Waals surface area contributed by atoms with Gasteiger partial charge in [0.1, 0.15) is 0 Å². The molecule has 3 aliphatic heterocycles. The number of piperazine rings is 1. The van der Waals surface area contributed by atoms with E-state index < -0.39 is 0 Å². The highest BCUT2D eigenvalue weighted by Gasteiger charge is 2.29. The van der Waals surface area contributed by atoms with Gasteiger partial charge in [-0.3, -0.25) is 9.69 Å². The Hall–Kier alpha value is -1.34. The number of rotatable bonds is 3. The second-order valence-electron chi connectivity index (χ2n) is 8.37. The number of carbonyl (C=O) groups excluding carboxylic acids is 2. The van der Waals surface area contributed by atoms with Gasteiger partial charge in [-0.15, -0.1) is 0 Å². The van der Waals surface area contributed by atoms with Gasteiger partial charge >= 0.3 is 6.03 Å². The average molecular weight is 367 g/mol. The van der Waals surface area contributed by atoms with Gasteiger partial charge in [0.15, 0.2) is 0 Å². The number of ether oxygens (including phenoxy) is 1. The highest BCUT2D eigenvalue weighted by atomic mass is 16.5. The summed E-state index contributed by atoms with van der Waals surface area (Å²) in [5, 5.41) is 3.07. The van der Waals surface area contributed by atoms with Crippen LogP contribution in [-0.2, 0) is 9.53 Å². The maximum absolute atomic E-state index is 12.6. The quantitative estimate of drug-likeness (QED) is 0.809. The van der Waals surface area contributed by atoms with Crippen molar-refractivity contribution in [3.05, 3.63) is 0 Å². The predicted molar refractivity (Wildman–Crippen MR) is 99.9 cm³/mol. The van der Waals surface area contributed by atoms with Gasteiger partial charge in [-0.25, -0.2) is 4.79 Å². The molecule has 7 heteroatoms. The SMILES string of the molecule is CC1CC(C)CN(C(=O)CN2CCN(C(=O)N[C@@H]3CCCOC3)CC2)C1. The van der Waals surface area contributed by atoms with Gasteiger partial charge in [0.25, 0.3) is 0 Å². The Balaban J connectivity index is 1.39. The third-order valence-corrected chi connectivity index (χ3v) is 5.73. The molecule has 148 valence electrons. The topological polar surface area (TPSA) is 65.1 Å². The lowest BCUT2D eigenvalue weighted by atomic mass is 9.92. The smallest absolute Gasteiger partial charge is 0.317 e. The largest absolute Gasteiger partial charge is 0.379 e. The van der Waals surface area contributed by atoms with Crippen LogP contribution in [0.25, 0.3) is 0 Å². The molecule has 3 amide bonds. The van der Waals surface area contributed by atoms with Gasteiger partial charge in [-0.1, -0.05) is 13.8 Å². The number of nitrogens with one attached hydrogen (secondary N) is 1. The first kappa shape index (κ1) is 19.4. The molecule has 3 fully saturated rings. The number of amides is 3. The Morgan fingerprint density at radius 2 is 1.73 bits per heavy atom. The lowest BCUT2D eigenvalue weighted by Crippen LogP contribution is -2.56. The van der Waals surface area contributed by atoms with Gasteiger partial charge in [0.2, 0.25) is 5.91 Å². The van der Waals surface area contributed by atoms with E-state index in [0.717, 1.165) is 45.6 Å². The van der Waals surface area contributed by atoms with Gasteiger partial charge in [0.05, 0.1) is 19.2 Å². The van der Waals surface area contributed by atoms with E-state index in [4.69, 9.17) is 4.74 Å². The lowest BCUT2D eigenvalue weighted by Gasteiger charge is -2.38. The molecule has 0 saturated carbocycles. The van der Waals surface area contributed by atoms with Crippen molar-refractivity contribution in [2.24, 2.45) is 11.8 Å². The zero-order valence-electron chi connectivity index (χ0n) is 16.3. The summed E-state index contributed by atoms with van der Waals surface area (Å²) in [5.74, 6) is 1.42. The summed E-state index contributed by atoms with van der Waals surface area (Å²) in [6, 6.07) is 0.143. The third-order valence-electron chi connectivity index (χ3n) is 5.73. The van der Waals surface area contributed by atoms with E-state index in [-0.39, 0.29) is 18.0 Å². The zero-order valence-corrected chi connectivity index (χ0v) is 16.3. The molecule has 0 aliphatic carbocycles. The number of carbonyl (C=O) groups is 2. The summed E-state index contributed by atoms with van der Waals surface area (Å²) in [4.78, 5) is 31.1. The van der Waals surface area contributed by atoms with Gasteiger partial charge in [-0.2, -0.15) is 0 Å². The van der Waals surface area contributed by atoms with Crippen molar-refractivity contribution in [2.45, 2.75) is 39.2 Å². The summed E-state index contributed by atoms with van der Waals surface area (Å²) in [7, 11) is 0. The normalized spacial score (nSPS) is 30.9. The van der Waals surface area contributed by atoms with Crippen molar-refractivity contribution in [2.75, 3.05) is 59.0 Å². The molecule has 0 aromatic carbocycles. The van der Waals surface area contributed by atoms with Crippen LogP contribution in [0, 0.1) is 11.8 Å². The van der Waals surface area contributed by atoms with Crippen molar-refractivity contribution in [1.29, 1.82) is 0 Å². The number of piperidine rings is 1. The number of likely N-dealkylation sites (tertiary alicyclic amines) is 1. The Morgan fingerprint density at radius 3 is 2.35 bits per heavy atom. The van der Waals surface area contributed by atoms with E-state index >= 15 is 0 Å². The Kier molecular flexibility index (Phi) is 6.75. The molecule has 0 aromatic heterocycles. The minimum atomic E-state index is 0.00477. The number of urea groups is 1. The fraction of sp³-hybridized carbons (Fsp3) is 0.895. The van der Waals surface area contributed by atoms with Crippen molar-refractivity contribution in [1.82, 2.24) is 20.0 Å². The Bertz CT molecular complexity index is 477. The number of hydrogen-bond acceptors (Lipinski definition) is 4. The van der Waals surface area contributed by atoms with Crippen LogP contribution >= 0.6 is 0 Å². The molecule has 3 saturated heterocycles. The monoisotopic (exact) mass is 366 g/mol. The second-order valence-corrected chi connectivity index (χ2v) is 8.37. The van der Waals surface area contributed by atoms with Crippen LogP contribution in [-0.4, -0.2) is 91.7 Å². The molecule has 0 aromatic rings. The summed E-state index contributed by atoms with van der Waals surface area (Å²) in [5.41, 5.74) is 0. The van der Waals surface area contributed by atoms with E-state index in [0.29, 0.717) is 38.1 Å². The fourth-order valence-corrected chi connectivity index (χ4v) is 4.39. The highest BCUT2D eigenvalue weighted by molar-refractivity contribution is 5.78. The first-order valence-corrected chi connectivity index (χ1v) is 10.1. The highest BCUT2D eigenvalue weighted by Crippen LogP contribution is 2.21. The molecule has 3 aliphatic rings. The Morgan fingerprint density at radius 1 is 1.04 bits per heavy atom. The van der Waals surface area contributed by atoms with Crippen LogP contribution in [0.5, 0.6) is 0 Å². The summed E-state index contributed by atoms with van der Waals surface area (Å²) in [6.07, 6.45) is 3.21. The molecular weight excluding hydrogens is 332 g/mol. The second kappa shape index (κ2) is 9.04. The maximum Gasteiger partial charge on any atom is 0.317 e. The molecular formula is C19H34N4O3. The molecule has 1 N–H and O–H groups in total. The van der Waals surface area contributed by atoms with Gasteiger partial charge < -0.3 is 19.9 Å². The zero-order chi connectivity index (χ0) is 18.5. The van der Waals surface area contributed by atoms with Crippen LogP contribution < -0.4 is 5.32 Å². The van der Waals surface area contributed by atoms with Crippen LogP contribution in [0.4, 0.5) is 4.79 Å². The third kappa shape index (κ3) is 5.33. The molecule has 3 atom stereocenters. The van der Waals surface area contributed by atoms with Crippen molar-refractivity contribution in [3.8, 4) is 0 Å². The first-order valence-electron chi connectivity index (χ1n) is 10.1. The molecule has 0 spiro atoms. The summed E-state index contributed by atoms with van der Waals surface area (Å²) >= 11 is 0. The van der Waals surface area contributed by atoms with E-state index in [1.54, 1.807) is 0 Å². The van der Waals surface area contributed by atoms with Crippen molar-refractivity contribution < 1.29 is 14.3 Å². The van der Waals surface area contributed by atoms with Crippen molar-refractivity contribution in [3.63, 3.8) is 0 Å². The fourth-order valence-electron chi connectivity index (χ4n) is 4.39.